The van der Waals surface area contributed by atoms with Gasteiger partial charge < -0.3 is 9.84 Å². The van der Waals surface area contributed by atoms with Crippen molar-refractivity contribution in [3.8, 4) is 11.6 Å². The van der Waals surface area contributed by atoms with Crippen LogP contribution < -0.4 is 4.74 Å². The van der Waals surface area contributed by atoms with E-state index in [0.29, 0.717) is 5.56 Å². The average Bonchev–Trinajstić information content (AvgIpc) is 2.41. The van der Waals surface area contributed by atoms with Crippen molar-refractivity contribution in [2.45, 2.75) is 32.8 Å². The third-order valence-corrected chi connectivity index (χ3v) is 2.93. The first-order chi connectivity index (χ1) is 9.79. The van der Waals surface area contributed by atoms with Crippen LogP contribution in [0.4, 0.5) is 8.78 Å². The topological polar surface area (TPSA) is 42.4 Å². The van der Waals surface area contributed by atoms with Gasteiger partial charge in [0.1, 0.15) is 5.75 Å². The monoisotopic (exact) mass is 293 g/mol. The molecule has 1 heterocycles. The number of hydrogen-bond donors (Lipinski definition) is 1. The average molecular weight is 293 g/mol. The van der Waals surface area contributed by atoms with Gasteiger partial charge in [0.25, 0.3) is 0 Å². The molecule has 0 radical (unpaired) electrons. The number of ether oxygens (including phenoxy) is 1. The normalized spacial score (nSPS) is 11.5. The second-order valence-corrected chi connectivity index (χ2v) is 5.78. The molecule has 0 unspecified atom stereocenters. The molecule has 0 spiro atoms. The zero-order chi connectivity index (χ0) is 15.6. The highest BCUT2D eigenvalue weighted by Crippen LogP contribution is 2.27. The van der Waals surface area contributed by atoms with Crippen LogP contribution in [-0.2, 0) is 12.0 Å². The summed E-state index contributed by atoms with van der Waals surface area (Å²) >= 11 is 0. The molecule has 5 heteroatoms. The number of rotatable bonds is 3. The number of hydrogen-bond acceptors (Lipinski definition) is 3. The Kier molecular flexibility index (Phi) is 4.23. The summed E-state index contributed by atoms with van der Waals surface area (Å²) in [5, 5.41) is 9.31. The molecule has 0 saturated heterocycles. The first kappa shape index (κ1) is 15.4. The van der Waals surface area contributed by atoms with Crippen LogP contribution >= 0.6 is 0 Å². The van der Waals surface area contributed by atoms with E-state index in [0.717, 1.165) is 17.8 Å². The molecular formula is C16H17F2NO2. The SMILES string of the molecule is CC(C)(C)c1cc(CO)cc(Oc2ccc(F)c(F)c2)n1. The van der Waals surface area contributed by atoms with Gasteiger partial charge in [-0.25, -0.2) is 13.8 Å². The first-order valence-electron chi connectivity index (χ1n) is 6.55. The van der Waals surface area contributed by atoms with Crippen molar-refractivity contribution in [1.29, 1.82) is 0 Å². The van der Waals surface area contributed by atoms with Gasteiger partial charge in [0.15, 0.2) is 11.6 Å². The summed E-state index contributed by atoms with van der Waals surface area (Å²) in [6, 6.07) is 6.63. The number of aliphatic hydroxyl groups excluding tert-OH is 1. The summed E-state index contributed by atoms with van der Waals surface area (Å²) in [5.74, 6) is -1.54. The van der Waals surface area contributed by atoms with Crippen molar-refractivity contribution in [3.05, 3.63) is 53.2 Å². The lowest BCUT2D eigenvalue weighted by atomic mass is 9.91. The molecule has 0 bridgehead atoms. The molecule has 112 valence electrons. The second kappa shape index (κ2) is 5.77. The molecule has 1 aromatic heterocycles. The Morgan fingerprint density at radius 2 is 1.81 bits per heavy atom. The van der Waals surface area contributed by atoms with E-state index in [1.165, 1.54) is 6.07 Å². The quantitative estimate of drug-likeness (QED) is 0.932. The number of nitrogens with zero attached hydrogens (tertiary/aromatic N) is 1. The van der Waals surface area contributed by atoms with Crippen molar-refractivity contribution < 1.29 is 18.6 Å². The number of aromatic nitrogens is 1. The molecule has 0 atom stereocenters. The van der Waals surface area contributed by atoms with Crippen LogP contribution in [0.15, 0.2) is 30.3 Å². The molecule has 0 aliphatic rings. The Balaban J connectivity index is 2.36. The van der Waals surface area contributed by atoms with E-state index >= 15 is 0 Å². The minimum Gasteiger partial charge on any atom is -0.439 e. The predicted octanol–water partition coefficient (Wildman–Crippen LogP) is 3.94. The van der Waals surface area contributed by atoms with Crippen LogP contribution in [0.5, 0.6) is 11.6 Å². The molecule has 0 saturated carbocycles. The third-order valence-electron chi connectivity index (χ3n) is 2.93. The zero-order valence-electron chi connectivity index (χ0n) is 12.2. The third kappa shape index (κ3) is 3.76. The standard InChI is InChI=1S/C16H17F2NO2/c1-16(2,3)14-6-10(9-20)7-15(19-14)21-11-4-5-12(17)13(18)8-11/h4-8,20H,9H2,1-3H3. The Bertz CT molecular complexity index is 651. The Morgan fingerprint density at radius 3 is 2.38 bits per heavy atom. The summed E-state index contributed by atoms with van der Waals surface area (Å²) in [5.41, 5.74) is 1.16. The molecule has 1 aromatic carbocycles. The summed E-state index contributed by atoms with van der Waals surface area (Å²) in [4.78, 5) is 4.35. The van der Waals surface area contributed by atoms with Gasteiger partial charge in [0, 0.05) is 17.5 Å². The Morgan fingerprint density at radius 1 is 1.10 bits per heavy atom. The highest BCUT2D eigenvalue weighted by atomic mass is 19.2. The van der Waals surface area contributed by atoms with Gasteiger partial charge >= 0.3 is 0 Å². The van der Waals surface area contributed by atoms with E-state index in [-0.39, 0.29) is 23.7 Å². The van der Waals surface area contributed by atoms with Gasteiger partial charge in [-0.05, 0) is 23.8 Å². The maximum Gasteiger partial charge on any atom is 0.219 e. The smallest absolute Gasteiger partial charge is 0.219 e. The van der Waals surface area contributed by atoms with Crippen LogP contribution in [0.25, 0.3) is 0 Å². The Hall–Kier alpha value is -2.01. The lowest BCUT2D eigenvalue weighted by Crippen LogP contribution is -2.14. The van der Waals surface area contributed by atoms with Crippen LogP contribution in [0, 0.1) is 11.6 Å². The number of pyridine rings is 1. The van der Waals surface area contributed by atoms with Crippen molar-refractivity contribution >= 4 is 0 Å². The van der Waals surface area contributed by atoms with Gasteiger partial charge in [-0.3, -0.25) is 0 Å². The minimum absolute atomic E-state index is 0.149. The van der Waals surface area contributed by atoms with E-state index < -0.39 is 11.6 Å². The van der Waals surface area contributed by atoms with Crippen LogP contribution in [0.3, 0.4) is 0 Å². The van der Waals surface area contributed by atoms with Crippen LogP contribution in [-0.4, -0.2) is 10.1 Å². The van der Waals surface area contributed by atoms with Gasteiger partial charge in [-0.1, -0.05) is 20.8 Å². The summed E-state index contributed by atoms with van der Waals surface area (Å²) in [7, 11) is 0. The largest absolute Gasteiger partial charge is 0.439 e. The zero-order valence-corrected chi connectivity index (χ0v) is 12.2. The van der Waals surface area contributed by atoms with Crippen molar-refractivity contribution in [2.24, 2.45) is 0 Å². The van der Waals surface area contributed by atoms with Gasteiger partial charge in [-0.2, -0.15) is 0 Å². The predicted molar refractivity (Wildman–Crippen MR) is 75.3 cm³/mol. The summed E-state index contributed by atoms with van der Waals surface area (Å²) in [6.07, 6.45) is 0. The number of benzene rings is 1. The molecule has 2 aromatic rings. The van der Waals surface area contributed by atoms with E-state index in [9.17, 15) is 13.9 Å². The fourth-order valence-corrected chi connectivity index (χ4v) is 1.75. The van der Waals surface area contributed by atoms with Crippen LogP contribution in [0.1, 0.15) is 32.0 Å². The minimum atomic E-state index is -0.984. The molecule has 3 nitrogen and oxygen atoms in total. The van der Waals surface area contributed by atoms with Crippen molar-refractivity contribution in [2.75, 3.05) is 0 Å². The fourth-order valence-electron chi connectivity index (χ4n) is 1.75. The highest BCUT2D eigenvalue weighted by Gasteiger charge is 2.18. The van der Waals surface area contributed by atoms with Crippen molar-refractivity contribution in [3.63, 3.8) is 0 Å². The summed E-state index contributed by atoms with van der Waals surface area (Å²) in [6.45, 7) is 5.80. The fraction of sp³-hybridized carbons (Fsp3) is 0.312. The van der Waals surface area contributed by atoms with E-state index in [1.54, 1.807) is 12.1 Å². The molecule has 0 amide bonds. The number of aliphatic hydroxyl groups is 1. The molecule has 1 N–H and O–H groups in total. The second-order valence-electron chi connectivity index (χ2n) is 5.78. The molecule has 0 aliphatic heterocycles. The molecule has 21 heavy (non-hydrogen) atoms. The van der Waals surface area contributed by atoms with E-state index in [1.807, 2.05) is 20.8 Å². The number of halogens is 2. The lowest BCUT2D eigenvalue weighted by molar-refractivity contribution is 0.280. The highest BCUT2D eigenvalue weighted by molar-refractivity contribution is 5.32. The van der Waals surface area contributed by atoms with Crippen molar-refractivity contribution in [1.82, 2.24) is 4.98 Å². The van der Waals surface area contributed by atoms with E-state index in [2.05, 4.69) is 4.98 Å². The molecule has 0 aliphatic carbocycles. The molecular weight excluding hydrogens is 276 g/mol. The molecule has 2 rings (SSSR count). The van der Waals surface area contributed by atoms with Gasteiger partial charge in [0.05, 0.1) is 12.3 Å². The molecule has 0 fully saturated rings. The Labute approximate surface area is 122 Å². The maximum absolute atomic E-state index is 13.2. The first-order valence-corrected chi connectivity index (χ1v) is 6.55. The summed E-state index contributed by atoms with van der Waals surface area (Å²) < 4.78 is 31.5. The lowest BCUT2D eigenvalue weighted by Gasteiger charge is -2.19. The van der Waals surface area contributed by atoms with Gasteiger partial charge in [0.2, 0.25) is 5.88 Å². The van der Waals surface area contributed by atoms with Crippen LogP contribution in [0.2, 0.25) is 0 Å². The van der Waals surface area contributed by atoms with E-state index in [4.69, 9.17) is 4.74 Å². The van der Waals surface area contributed by atoms with Gasteiger partial charge in [-0.15, -0.1) is 0 Å². The maximum atomic E-state index is 13.2.